The lowest BCUT2D eigenvalue weighted by atomic mass is 10.1. The van der Waals surface area contributed by atoms with Gasteiger partial charge in [0.05, 0.1) is 24.3 Å². The number of unbranched alkanes of at least 4 members (excludes halogenated alkanes) is 34. The van der Waals surface area contributed by atoms with Gasteiger partial charge in [-0.2, -0.15) is 21.0 Å². The fraction of sp³-hybridized carbons (Fsp3) is 0.925. The minimum Gasteiger partial charge on any atom is -0.210 e. The summed E-state index contributed by atoms with van der Waals surface area (Å²) in [5.41, 5.74) is 0. The lowest BCUT2D eigenvalue weighted by Crippen LogP contribution is -2.58. The van der Waals surface area contributed by atoms with Gasteiger partial charge in [0.1, 0.15) is 0 Å². The minimum atomic E-state index is -4.29. The molecule has 0 rings (SSSR count). The van der Waals surface area contributed by atoms with Crippen LogP contribution in [0.2, 0.25) is 0 Å². The molecule has 0 saturated heterocycles. The molecule has 0 unspecified atom stereocenters. The van der Waals surface area contributed by atoms with E-state index >= 15 is 16.8 Å². The van der Waals surface area contributed by atoms with Crippen molar-refractivity contribution >= 4 is 20.0 Å². The average molecular weight is 948 g/mol. The van der Waals surface area contributed by atoms with Crippen LogP contribution in [-0.4, -0.2) is 55.7 Å². The Morgan fingerprint density at radius 3 is 0.677 bits per heavy atom. The number of hydrogen-bond donors (Lipinski definition) is 0. The molecule has 0 saturated carbocycles. The molecule has 0 radical (unpaired) electrons. The number of rotatable bonds is 50. The molecule has 65 heavy (non-hydrogen) atoms. The number of nitrogens with zero attached hydrogens (tertiary/aromatic N) is 6. The summed E-state index contributed by atoms with van der Waals surface area (Å²) in [6, 6.07) is 8.89. The van der Waals surface area contributed by atoms with Gasteiger partial charge < -0.3 is 0 Å². The Kier molecular flexibility index (Phi) is 42.8. The molecule has 0 aromatic rings. The highest BCUT2D eigenvalue weighted by Crippen LogP contribution is 2.41. The van der Waals surface area contributed by atoms with E-state index < -0.39 is 24.1 Å². The van der Waals surface area contributed by atoms with Gasteiger partial charge in [-0.05, 0) is 64.2 Å². The second-order valence-electron chi connectivity index (χ2n) is 18.9. The van der Waals surface area contributed by atoms with Gasteiger partial charge in [-0.3, -0.25) is 0 Å². The van der Waals surface area contributed by atoms with Gasteiger partial charge in [-0.1, -0.05) is 194 Å². The molecule has 0 aromatic carbocycles. The summed E-state index contributed by atoms with van der Waals surface area (Å²) in [7, 11) is -8.57. The van der Waals surface area contributed by atoms with Gasteiger partial charge in [0, 0.05) is 51.9 Å². The van der Waals surface area contributed by atoms with E-state index in [0.717, 1.165) is 193 Å². The molecule has 0 bridgehead atoms. The van der Waals surface area contributed by atoms with Crippen LogP contribution in [0.25, 0.3) is 0 Å². The van der Waals surface area contributed by atoms with Crippen molar-refractivity contribution in [2.24, 2.45) is 0 Å². The van der Waals surface area contributed by atoms with Crippen molar-refractivity contribution in [3.63, 3.8) is 0 Å². The maximum absolute atomic E-state index is 15.6. The van der Waals surface area contributed by atoms with Crippen LogP contribution in [-0.2, 0) is 20.0 Å². The van der Waals surface area contributed by atoms with Crippen LogP contribution in [0.4, 0.5) is 0 Å². The van der Waals surface area contributed by atoms with E-state index in [1.165, 1.54) is 0 Å². The third kappa shape index (κ3) is 30.0. The highest BCUT2D eigenvalue weighted by molar-refractivity contribution is 8.08. The molecule has 0 aromatic heterocycles. The maximum atomic E-state index is 15.6. The molecule has 0 N–H and O–H groups in total. The quantitative estimate of drug-likeness (QED) is 0.0542. The lowest BCUT2D eigenvalue weighted by Gasteiger charge is -2.41. The van der Waals surface area contributed by atoms with E-state index in [4.69, 9.17) is 21.0 Å². The molecule has 10 nitrogen and oxygen atoms in total. The highest BCUT2D eigenvalue weighted by Gasteiger charge is 2.58. The molecular weight excluding hydrogens is 849 g/mol. The van der Waals surface area contributed by atoms with Gasteiger partial charge in [-0.25, -0.2) is 25.4 Å². The summed E-state index contributed by atoms with van der Waals surface area (Å²) in [6.07, 6.45) is 37.1. The molecule has 0 aliphatic carbocycles. The second kappa shape index (κ2) is 44.3. The molecule has 0 amide bonds. The highest BCUT2D eigenvalue weighted by atomic mass is 32.3. The Labute approximate surface area is 402 Å². The van der Waals surface area contributed by atoms with Gasteiger partial charge in [-0.15, -0.1) is 0 Å². The van der Waals surface area contributed by atoms with Crippen molar-refractivity contribution in [1.29, 1.82) is 21.0 Å². The Bertz CT molecular complexity index is 1320. The first-order valence-electron chi connectivity index (χ1n) is 27.1. The zero-order valence-corrected chi connectivity index (χ0v) is 43.8. The van der Waals surface area contributed by atoms with Crippen LogP contribution in [0.3, 0.4) is 0 Å². The molecule has 12 heteroatoms. The largest absolute Gasteiger partial charge is 0.235 e. The summed E-state index contributed by atoms with van der Waals surface area (Å²) < 4.78 is 63.9. The second-order valence-corrected chi connectivity index (χ2v) is 23.6. The third-order valence-corrected chi connectivity index (χ3v) is 19.3. The van der Waals surface area contributed by atoms with Crippen LogP contribution >= 0.6 is 0 Å². The van der Waals surface area contributed by atoms with E-state index in [1.54, 1.807) is 8.61 Å². The summed E-state index contributed by atoms with van der Waals surface area (Å²) in [4.78, 5) is 0. The molecule has 0 spiro atoms. The van der Waals surface area contributed by atoms with Crippen molar-refractivity contribution in [2.75, 3.05) is 26.2 Å². The van der Waals surface area contributed by atoms with E-state index in [-0.39, 0.29) is 12.8 Å². The fourth-order valence-corrected chi connectivity index (χ4v) is 14.8. The van der Waals surface area contributed by atoms with Crippen LogP contribution in [0.15, 0.2) is 0 Å². The van der Waals surface area contributed by atoms with E-state index in [1.807, 2.05) is 13.8 Å². The smallest absolute Gasteiger partial charge is 0.210 e. The Morgan fingerprint density at radius 1 is 0.308 bits per heavy atom. The zero-order chi connectivity index (χ0) is 48.0. The Hall–Kier alpha value is -2.22. The predicted octanol–water partition coefficient (Wildman–Crippen LogP) is 15.5. The fourth-order valence-electron chi connectivity index (χ4n) is 9.05. The monoisotopic (exact) mass is 947 g/mol. The number of sulfonamides is 2. The molecule has 0 heterocycles. The van der Waals surface area contributed by atoms with Crippen molar-refractivity contribution in [3.05, 3.63) is 0 Å². The first-order valence-corrected chi connectivity index (χ1v) is 30.0. The molecule has 376 valence electrons. The van der Waals surface area contributed by atoms with E-state index in [2.05, 4.69) is 24.3 Å². The average Bonchev–Trinajstić information content (AvgIpc) is 3.29. The van der Waals surface area contributed by atoms with Gasteiger partial charge in [0.25, 0.3) is 0 Å². The molecule has 0 atom stereocenters. The topological polar surface area (TPSA) is 170 Å². The normalized spacial score (nSPS) is 12.1. The predicted molar refractivity (Wildman–Crippen MR) is 271 cm³/mol. The van der Waals surface area contributed by atoms with Crippen LogP contribution in [0, 0.1) is 45.3 Å². The van der Waals surface area contributed by atoms with Crippen molar-refractivity contribution in [2.45, 2.75) is 288 Å². The first kappa shape index (κ1) is 62.8. The summed E-state index contributed by atoms with van der Waals surface area (Å²) in [5, 5.41) is 35.4. The molecule has 0 aliphatic heterocycles. The SMILES string of the molecule is CCCCC(CCCC)(S(=O)(=O)N(CCCCCCCCCCC#N)CCCCCCCCCCC#N)S(=O)(=O)N(CCCCCCCCCCC#N)CCCCCCCCCCC#N. The van der Waals surface area contributed by atoms with Crippen molar-refractivity contribution in [3.8, 4) is 24.3 Å². The zero-order valence-electron chi connectivity index (χ0n) is 42.2. The Balaban J connectivity index is 6.42. The number of nitriles is 4. The summed E-state index contributed by atoms with van der Waals surface area (Å²) >= 11 is 0. The number of hydrogen-bond acceptors (Lipinski definition) is 8. The van der Waals surface area contributed by atoms with Gasteiger partial charge in [0.2, 0.25) is 24.1 Å². The summed E-state index contributed by atoms with van der Waals surface area (Å²) in [6.45, 7) is 5.47. The lowest BCUT2D eigenvalue weighted by molar-refractivity contribution is 0.343. The van der Waals surface area contributed by atoms with Gasteiger partial charge >= 0.3 is 0 Å². The standard InChI is InChI=1S/C53H98N6O4S2/c1-3-5-43-53(44-6-4-2,64(60,61)58(49-39-31-23-15-7-11-19-27-35-45-54)50-40-32-24-16-8-12-20-28-36-46-55)65(62,63)59(51-41-33-25-17-9-13-21-29-37-47-56)52-42-34-26-18-10-14-22-30-38-48-57/h3-44,49-52H2,1-2H3. The Morgan fingerprint density at radius 2 is 0.492 bits per heavy atom. The van der Waals surface area contributed by atoms with E-state index in [9.17, 15) is 0 Å². The molecule has 0 fully saturated rings. The molecular formula is C53H98N6O4S2. The van der Waals surface area contributed by atoms with Crippen LogP contribution < -0.4 is 0 Å². The third-order valence-electron chi connectivity index (χ3n) is 13.2. The molecule has 0 aliphatic rings. The first-order chi connectivity index (χ1) is 31.7. The van der Waals surface area contributed by atoms with Crippen LogP contribution in [0.1, 0.15) is 284 Å². The van der Waals surface area contributed by atoms with Crippen molar-refractivity contribution in [1.82, 2.24) is 8.61 Å². The maximum Gasteiger partial charge on any atom is 0.235 e. The van der Waals surface area contributed by atoms with Gasteiger partial charge in [0.15, 0.2) is 0 Å². The minimum absolute atomic E-state index is 0.121. The van der Waals surface area contributed by atoms with Crippen LogP contribution in [0.5, 0.6) is 0 Å². The van der Waals surface area contributed by atoms with E-state index in [0.29, 0.717) is 90.4 Å². The summed E-state index contributed by atoms with van der Waals surface area (Å²) in [5.74, 6) is 0. The van der Waals surface area contributed by atoms with Crippen molar-refractivity contribution < 1.29 is 16.8 Å².